The lowest BCUT2D eigenvalue weighted by Gasteiger charge is -2.31. The molecule has 2 N–H and O–H groups in total. The van der Waals surface area contributed by atoms with Crippen LogP contribution in [-0.2, 0) is 4.79 Å². The molecule has 0 unspecified atom stereocenters. The molecule has 7 nitrogen and oxygen atoms in total. The van der Waals surface area contributed by atoms with Gasteiger partial charge in [-0.2, -0.15) is 0 Å². The lowest BCUT2D eigenvalue weighted by atomic mass is 10.0. The average molecular weight is 383 g/mol. The van der Waals surface area contributed by atoms with Crippen LogP contribution < -0.4 is 10.6 Å². The van der Waals surface area contributed by atoms with Crippen LogP contribution in [0.1, 0.15) is 45.7 Å². The van der Waals surface area contributed by atoms with Crippen LogP contribution in [-0.4, -0.2) is 48.3 Å². The summed E-state index contributed by atoms with van der Waals surface area (Å²) in [5, 5.41) is 5.77. The van der Waals surface area contributed by atoms with Crippen LogP contribution in [0.3, 0.4) is 0 Å². The molecule has 1 aromatic heterocycles. The Hall–Kier alpha value is -3.09. The van der Waals surface area contributed by atoms with Gasteiger partial charge in [0.2, 0.25) is 5.91 Å². The van der Waals surface area contributed by atoms with E-state index in [-0.39, 0.29) is 36.7 Å². The summed E-state index contributed by atoms with van der Waals surface area (Å²) in [5.41, 5.74) is 1.52. The standard InChI is InChI=1S/C21H25N3O4/c1-15-5-2-3-6-17(15)20(26)22-11-8-19(25)23-16-9-12-24(13-10-16)21(27)18-7-4-14-28-18/h2-7,14,16H,8-13H2,1H3,(H,22,26)(H,23,25). The van der Waals surface area contributed by atoms with Crippen LogP contribution in [0.15, 0.2) is 47.1 Å². The number of hydrogen-bond acceptors (Lipinski definition) is 4. The van der Waals surface area contributed by atoms with Crippen molar-refractivity contribution in [2.24, 2.45) is 0 Å². The number of piperidine rings is 1. The summed E-state index contributed by atoms with van der Waals surface area (Å²) < 4.78 is 5.15. The molecular weight excluding hydrogens is 358 g/mol. The lowest BCUT2D eigenvalue weighted by Crippen LogP contribution is -2.47. The molecule has 0 bridgehead atoms. The minimum atomic E-state index is -0.171. The van der Waals surface area contributed by atoms with Crippen LogP contribution >= 0.6 is 0 Å². The smallest absolute Gasteiger partial charge is 0.289 e. The molecule has 1 aliphatic heterocycles. The van der Waals surface area contributed by atoms with E-state index in [0.29, 0.717) is 37.3 Å². The third-order valence-corrected chi connectivity index (χ3v) is 4.91. The molecule has 7 heteroatoms. The summed E-state index contributed by atoms with van der Waals surface area (Å²) in [7, 11) is 0. The molecule has 1 aliphatic rings. The van der Waals surface area contributed by atoms with Gasteiger partial charge in [0, 0.05) is 37.7 Å². The lowest BCUT2D eigenvalue weighted by molar-refractivity contribution is -0.121. The van der Waals surface area contributed by atoms with Crippen molar-refractivity contribution in [2.75, 3.05) is 19.6 Å². The number of carbonyl (C=O) groups is 3. The third-order valence-electron chi connectivity index (χ3n) is 4.91. The van der Waals surface area contributed by atoms with Crippen LogP contribution in [0.25, 0.3) is 0 Å². The van der Waals surface area contributed by atoms with E-state index in [1.54, 1.807) is 23.1 Å². The Bertz CT molecular complexity index is 824. The van der Waals surface area contributed by atoms with Gasteiger partial charge >= 0.3 is 0 Å². The van der Waals surface area contributed by atoms with Gasteiger partial charge in [0.15, 0.2) is 5.76 Å². The summed E-state index contributed by atoms with van der Waals surface area (Å²) in [6.07, 6.45) is 3.11. The molecule has 1 fully saturated rings. The second-order valence-corrected chi connectivity index (χ2v) is 6.93. The van der Waals surface area contributed by atoms with E-state index in [1.807, 2.05) is 25.1 Å². The van der Waals surface area contributed by atoms with E-state index in [0.717, 1.165) is 5.56 Å². The molecule has 0 aliphatic carbocycles. The summed E-state index contributed by atoms with van der Waals surface area (Å²) >= 11 is 0. The predicted molar refractivity (Wildman–Crippen MR) is 104 cm³/mol. The first-order valence-corrected chi connectivity index (χ1v) is 9.50. The van der Waals surface area contributed by atoms with Crippen LogP contribution in [0, 0.1) is 6.92 Å². The number of hydrogen-bond donors (Lipinski definition) is 2. The van der Waals surface area contributed by atoms with Crippen molar-refractivity contribution in [3.63, 3.8) is 0 Å². The Kier molecular flexibility index (Phi) is 6.47. The van der Waals surface area contributed by atoms with Crippen LogP contribution in [0.4, 0.5) is 0 Å². The number of amides is 3. The van der Waals surface area contributed by atoms with E-state index < -0.39 is 0 Å². The SMILES string of the molecule is Cc1ccccc1C(=O)NCCC(=O)NC1CCN(C(=O)c2ccco2)CC1. The Balaban J connectivity index is 1.36. The Morgan fingerprint density at radius 3 is 2.54 bits per heavy atom. The summed E-state index contributed by atoms with van der Waals surface area (Å²) in [6.45, 7) is 3.32. The number of benzene rings is 1. The molecule has 148 valence electrons. The molecule has 0 radical (unpaired) electrons. The van der Waals surface area contributed by atoms with E-state index in [9.17, 15) is 14.4 Å². The van der Waals surface area contributed by atoms with Crippen molar-refractivity contribution < 1.29 is 18.8 Å². The number of likely N-dealkylation sites (tertiary alicyclic amines) is 1. The van der Waals surface area contributed by atoms with Crippen molar-refractivity contribution in [3.05, 3.63) is 59.5 Å². The number of nitrogens with zero attached hydrogens (tertiary/aromatic N) is 1. The van der Waals surface area contributed by atoms with Gasteiger partial charge in [-0.1, -0.05) is 18.2 Å². The van der Waals surface area contributed by atoms with Gasteiger partial charge < -0.3 is 20.0 Å². The van der Waals surface area contributed by atoms with E-state index in [4.69, 9.17) is 4.42 Å². The van der Waals surface area contributed by atoms with Crippen molar-refractivity contribution in [2.45, 2.75) is 32.2 Å². The van der Waals surface area contributed by atoms with Gasteiger partial charge in [0.1, 0.15) is 0 Å². The number of rotatable bonds is 6. The summed E-state index contributed by atoms with van der Waals surface area (Å²) in [5.74, 6) is -0.0443. The molecule has 3 amide bonds. The van der Waals surface area contributed by atoms with Crippen molar-refractivity contribution >= 4 is 17.7 Å². The fraction of sp³-hybridized carbons (Fsp3) is 0.381. The molecule has 3 rings (SSSR count). The van der Waals surface area contributed by atoms with Crippen molar-refractivity contribution in [1.82, 2.24) is 15.5 Å². The second-order valence-electron chi connectivity index (χ2n) is 6.93. The van der Waals surface area contributed by atoms with Crippen LogP contribution in [0.5, 0.6) is 0 Å². The normalized spacial score (nSPS) is 14.5. The van der Waals surface area contributed by atoms with Crippen LogP contribution in [0.2, 0.25) is 0 Å². The monoisotopic (exact) mass is 383 g/mol. The van der Waals surface area contributed by atoms with E-state index in [1.165, 1.54) is 6.26 Å². The molecular formula is C21H25N3O4. The number of nitrogens with one attached hydrogen (secondary N) is 2. The molecule has 28 heavy (non-hydrogen) atoms. The second kappa shape index (κ2) is 9.21. The van der Waals surface area contributed by atoms with Gasteiger partial charge in [-0.05, 0) is 43.5 Å². The first kappa shape index (κ1) is 19.7. The highest BCUT2D eigenvalue weighted by atomic mass is 16.3. The highest BCUT2D eigenvalue weighted by Crippen LogP contribution is 2.14. The fourth-order valence-corrected chi connectivity index (χ4v) is 3.30. The highest BCUT2D eigenvalue weighted by Gasteiger charge is 2.25. The van der Waals surface area contributed by atoms with Gasteiger partial charge in [-0.3, -0.25) is 14.4 Å². The van der Waals surface area contributed by atoms with E-state index >= 15 is 0 Å². The zero-order valence-electron chi connectivity index (χ0n) is 15.9. The Morgan fingerprint density at radius 1 is 1.11 bits per heavy atom. The zero-order valence-corrected chi connectivity index (χ0v) is 15.9. The minimum Gasteiger partial charge on any atom is -0.459 e. The van der Waals surface area contributed by atoms with E-state index in [2.05, 4.69) is 10.6 Å². The largest absolute Gasteiger partial charge is 0.459 e. The summed E-state index contributed by atoms with van der Waals surface area (Å²) in [4.78, 5) is 38.3. The maximum atomic E-state index is 12.2. The average Bonchev–Trinajstić information content (AvgIpc) is 3.23. The van der Waals surface area contributed by atoms with Gasteiger partial charge in [-0.25, -0.2) is 0 Å². The first-order valence-electron chi connectivity index (χ1n) is 9.50. The predicted octanol–water partition coefficient (Wildman–Crippen LogP) is 2.13. The minimum absolute atomic E-state index is 0.0419. The van der Waals surface area contributed by atoms with Crippen molar-refractivity contribution in [1.29, 1.82) is 0 Å². The quantitative estimate of drug-likeness (QED) is 0.799. The molecule has 0 atom stereocenters. The maximum Gasteiger partial charge on any atom is 0.289 e. The molecule has 2 heterocycles. The Morgan fingerprint density at radius 2 is 1.86 bits per heavy atom. The molecule has 2 aromatic rings. The number of furan rings is 1. The summed E-state index contributed by atoms with van der Waals surface area (Å²) in [6, 6.07) is 10.7. The zero-order chi connectivity index (χ0) is 19.9. The van der Waals surface area contributed by atoms with Crippen molar-refractivity contribution in [3.8, 4) is 0 Å². The molecule has 0 spiro atoms. The first-order chi connectivity index (χ1) is 13.5. The topological polar surface area (TPSA) is 91.7 Å². The maximum absolute atomic E-state index is 12.2. The van der Waals surface area contributed by atoms with Gasteiger partial charge in [0.05, 0.1) is 6.26 Å². The number of aryl methyl sites for hydroxylation is 1. The molecule has 1 aromatic carbocycles. The third kappa shape index (κ3) is 5.00. The van der Waals surface area contributed by atoms with Gasteiger partial charge in [-0.15, -0.1) is 0 Å². The highest BCUT2D eigenvalue weighted by molar-refractivity contribution is 5.95. The molecule has 1 saturated heterocycles. The fourth-order valence-electron chi connectivity index (χ4n) is 3.30. The molecule has 0 saturated carbocycles. The Labute approximate surface area is 164 Å². The van der Waals surface area contributed by atoms with Gasteiger partial charge in [0.25, 0.3) is 11.8 Å². The number of carbonyl (C=O) groups excluding carboxylic acids is 3.